The first kappa shape index (κ1) is 22.6. The Hall–Kier alpha value is -4.18. The molecule has 0 aliphatic carbocycles. The second-order valence-corrected chi connectivity index (χ2v) is 8.85. The maximum atomic E-state index is 13.6. The van der Waals surface area contributed by atoms with Crippen LogP contribution in [0, 0.1) is 5.92 Å². The van der Waals surface area contributed by atoms with E-state index in [1.165, 1.54) is 0 Å². The topological polar surface area (TPSA) is 46.6 Å². The molecule has 5 rings (SSSR count). The molecule has 0 aromatic heterocycles. The van der Waals surface area contributed by atoms with Crippen LogP contribution in [0.25, 0.3) is 0 Å². The molecule has 3 atom stereocenters. The van der Waals surface area contributed by atoms with E-state index in [9.17, 15) is 9.59 Å². The molecule has 0 spiro atoms. The number of nitrogens with zero attached hydrogens (tertiary/aromatic N) is 1. The lowest BCUT2D eigenvalue weighted by molar-refractivity contribution is -0.144. The summed E-state index contributed by atoms with van der Waals surface area (Å²) in [5.74, 6) is -1.06. The molecule has 0 unspecified atom stereocenters. The summed E-state index contributed by atoms with van der Waals surface area (Å²) in [6, 6.07) is 39.0. The van der Waals surface area contributed by atoms with Crippen LogP contribution in [-0.2, 0) is 16.1 Å². The highest BCUT2D eigenvalue weighted by Crippen LogP contribution is 2.46. The van der Waals surface area contributed by atoms with E-state index in [1.54, 1.807) is 4.90 Å². The van der Waals surface area contributed by atoms with Crippen molar-refractivity contribution in [3.63, 3.8) is 0 Å². The lowest BCUT2D eigenvalue weighted by Crippen LogP contribution is -2.38. The van der Waals surface area contributed by atoms with Gasteiger partial charge in [0.15, 0.2) is 0 Å². The minimum Gasteiger partial charge on any atom is -0.457 e. The van der Waals surface area contributed by atoms with Crippen LogP contribution in [0.4, 0.5) is 0 Å². The van der Waals surface area contributed by atoms with Crippen LogP contribution in [-0.4, -0.2) is 23.3 Å². The summed E-state index contributed by atoms with van der Waals surface area (Å²) >= 11 is 0. The third-order valence-electron chi connectivity index (χ3n) is 6.56. The van der Waals surface area contributed by atoms with Crippen molar-refractivity contribution in [1.29, 1.82) is 0 Å². The van der Waals surface area contributed by atoms with Gasteiger partial charge in [0.25, 0.3) is 5.91 Å². The van der Waals surface area contributed by atoms with Gasteiger partial charge in [0.2, 0.25) is 0 Å². The number of rotatable bonds is 7. The third-order valence-corrected chi connectivity index (χ3v) is 6.56. The minimum absolute atomic E-state index is 0.0998. The van der Waals surface area contributed by atoms with E-state index < -0.39 is 12.0 Å². The van der Waals surface area contributed by atoms with Gasteiger partial charge in [0, 0.05) is 24.6 Å². The number of carbonyl (C=O) groups excluding carboxylic acids is 2. The molecule has 0 saturated carbocycles. The Labute approximate surface area is 205 Å². The van der Waals surface area contributed by atoms with Crippen molar-refractivity contribution in [2.45, 2.75) is 18.6 Å². The molecular weight excluding hydrogens is 434 g/mol. The highest BCUT2D eigenvalue weighted by molar-refractivity contribution is 5.94. The molecule has 1 aliphatic heterocycles. The van der Waals surface area contributed by atoms with E-state index in [0.29, 0.717) is 12.1 Å². The van der Waals surface area contributed by atoms with E-state index in [0.717, 1.165) is 16.7 Å². The Morgan fingerprint density at radius 3 is 1.80 bits per heavy atom. The molecule has 1 amide bonds. The van der Waals surface area contributed by atoms with Crippen LogP contribution in [0.15, 0.2) is 121 Å². The Morgan fingerprint density at radius 1 is 0.686 bits per heavy atom. The zero-order valence-electron chi connectivity index (χ0n) is 19.4. The first-order chi connectivity index (χ1) is 17.2. The molecule has 1 aliphatic rings. The summed E-state index contributed by atoms with van der Waals surface area (Å²) in [6.45, 7) is 0.681. The highest BCUT2D eigenvalue weighted by Gasteiger charge is 2.47. The molecule has 4 aromatic carbocycles. The minimum atomic E-state index is -0.487. The van der Waals surface area contributed by atoms with Crippen molar-refractivity contribution >= 4 is 11.9 Å². The number of hydrogen-bond donors (Lipinski definition) is 0. The number of hydrogen-bond acceptors (Lipinski definition) is 3. The smallest absolute Gasteiger partial charge is 0.312 e. The molecule has 35 heavy (non-hydrogen) atoms. The van der Waals surface area contributed by atoms with Gasteiger partial charge in [-0.2, -0.15) is 0 Å². The Morgan fingerprint density at radius 2 is 1.20 bits per heavy atom. The maximum Gasteiger partial charge on any atom is 0.312 e. The first-order valence-corrected chi connectivity index (χ1v) is 11.9. The van der Waals surface area contributed by atoms with Gasteiger partial charge in [-0.3, -0.25) is 9.59 Å². The summed E-state index contributed by atoms with van der Waals surface area (Å²) in [5.41, 5.74) is 3.61. The van der Waals surface area contributed by atoms with Crippen LogP contribution < -0.4 is 0 Å². The lowest BCUT2D eigenvalue weighted by Gasteiger charge is -2.28. The lowest BCUT2D eigenvalue weighted by atomic mass is 9.81. The molecule has 0 N–H and O–H groups in total. The highest BCUT2D eigenvalue weighted by atomic mass is 16.6. The average molecular weight is 462 g/mol. The standard InChI is InChI=1S/C31H27NO3/c33-30(26-19-11-4-12-20-26)32(21-23-13-5-1-6-14-23)22-27-28(24-15-7-2-8-16-24)29(35-31(27)34)25-17-9-3-10-18-25/h1-20,27-29H,21-22H2/t27-,28-,29+/m1/s1. The van der Waals surface area contributed by atoms with Crippen LogP contribution in [0.2, 0.25) is 0 Å². The molecule has 4 heteroatoms. The number of carbonyl (C=O) groups is 2. The molecule has 1 heterocycles. The largest absolute Gasteiger partial charge is 0.457 e. The van der Waals surface area contributed by atoms with E-state index in [-0.39, 0.29) is 24.3 Å². The fraction of sp³-hybridized carbons (Fsp3) is 0.161. The molecule has 0 bridgehead atoms. The van der Waals surface area contributed by atoms with Crippen molar-refractivity contribution in [2.24, 2.45) is 5.92 Å². The van der Waals surface area contributed by atoms with Crippen molar-refractivity contribution in [3.05, 3.63) is 144 Å². The Kier molecular flexibility index (Phi) is 6.71. The Balaban J connectivity index is 1.51. The molecule has 4 aromatic rings. The van der Waals surface area contributed by atoms with Gasteiger partial charge in [-0.05, 0) is 28.8 Å². The number of esters is 1. The fourth-order valence-electron chi connectivity index (χ4n) is 4.86. The fourth-order valence-corrected chi connectivity index (χ4v) is 4.86. The van der Waals surface area contributed by atoms with Crippen molar-refractivity contribution < 1.29 is 14.3 Å². The number of amides is 1. The monoisotopic (exact) mass is 461 g/mol. The average Bonchev–Trinajstić information content (AvgIpc) is 3.25. The maximum absolute atomic E-state index is 13.6. The molecule has 174 valence electrons. The van der Waals surface area contributed by atoms with E-state index in [1.807, 2.05) is 121 Å². The summed E-state index contributed by atoms with van der Waals surface area (Å²) in [4.78, 5) is 28.7. The van der Waals surface area contributed by atoms with Gasteiger partial charge in [0.1, 0.15) is 6.10 Å². The van der Waals surface area contributed by atoms with Gasteiger partial charge in [0.05, 0.1) is 5.92 Å². The second-order valence-electron chi connectivity index (χ2n) is 8.85. The van der Waals surface area contributed by atoms with Gasteiger partial charge < -0.3 is 9.64 Å². The normalized spacial score (nSPS) is 19.2. The van der Waals surface area contributed by atoms with Gasteiger partial charge in [-0.25, -0.2) is 0 Å². The summed E-state index contributed by atoms with van der Waals surface area (Å²) in [7, 11) is 0. The quantitative estimate of drug-likeness (QED) is 0.316. The zero-order valence-corrected chi connectivity index (χ0v) is 19.4. The number of ether oxygens (including phenoxy) is 1. The molecule has 0 radical (unpaired) electrons. The Bertz CT molecular complexity index is 1260. The van der Waals surface area contributed by atoms with E-state index >= 15 is 0 Å². The predicted molar refractivity (Wildman–Crippen MR) is 136 cm³/mol. The van der Waals surface area contributed by atoms with Gasteiger partial charge in [-0.15, -0.1) is 0 Å². The van der Waals surface area contributed by atoms with E-state index in [4.69, 9.17) is 4.74 Å². The molecular formula is C31H27NO3. The van der Waals surface area contributed by atoms with Crippen LogP contribution >= 0.6 is 0 Å². The summed E-state index contributed by atoms with van der Waals surface area (Å²) in [5, 5.41) is 0. The van der Waals surface area contributed by atoms with E-state index in [2.05, 4.69) is 0 Å². The molecule has 1 saturated heterocycles. The third kappa shape index (κ3) is 5.02. The van der Waals surface area contributed by atoms with Crippen LogP contribution in [0.3, 0.4) is 0 Å². The number of cyclic esters (lactones) is 1. The van der Waals surface area contributed by atoms with Gasteiger partial charge >= 0.3 is 5.97 Å². The molecule has 4 nitrogen and oxygen atoms in total. The van der Waals surface area contributed by atoms with Gasteiger partial charge in [-0.1, -0.05) is 109 Å². The molecule has 1 fully saturated rings. The summed E-state index contributed by atoms with van der Waals surface area (Å²) in [6.07, 6.45) is -0.401. The van der Waals surface area contributed by atoms with Crippen LogP contribution in [0.5, 0.6) is 0 Å². The van der Waals surface area contributed by atoms with Crippen LogP contribution in [0.1, 0.15) is 39.1 Å². The van der Waals surface area contributed by atoms with Crippen molar-refractivity contribution in [1.82, 2.24) is 4.90 Å². The second kappa shape index (κ2) is 10.4. The first-order valence-electron chi connectivity index (χ1n) is 11.9. The number of benzene rings is 4. The SMILES string of the molecule is O=C1O[C@@H](c2ccccc2)[C@H](c2ccccc2)[C@H]1CN(Cc1ccccc1)C(=O)c1ccccc1. The van der Waals surface area contributed by atoms with Crippen molar-refractivity contribution in [3.8, 4) is 0 Å². The zero-order chi connectivity index (χ0) is 24.0. The predicted octanol–water partition coefficient (Wildman–Crippen LogP) is 6.03. The van der Waals surface area contributed by atoms with Crippen molar-refractivity contribution in [2.75, 3.05) is 6.54 Å². The summed E-state index contributed by atoms with van der Waals surface area (Å²) < 4.78 is 5.99.